The van der Waals surface area contributed by atoms with E-state index in [4.69, 9.17) is 0 Å². The Kier molecular flexibility index (Phi) is 5.92. The second-order valence-electron chi connectivity index (χ2n) is 5.09. The van der Waals surface area contributed by atoms with Crippen LogP contribution in [0.3, 0.4) is 0 Å². The van der Waals surface area contributed by atoms with Crippen LogP contribution in [0.15, 0.2) is 47.4 Å². The van der Waals surface area contributed by atoms with E-state index in [1.807, 2.05) is 6.92 Å². The fourth-order valence-corrected chi connectivity index (χ4v) is 2.88. The molecule has 0 aromatic heterocycles. The van der Waals surface area contributed by atoms with Crippen LogP contribution in [0.25, 0.3) is 0 Å². The van der Waals surface area contributed by atoms with Crippen molar-refractivity contribution in [2.45, 2.75) is 18.4 Å². The SMILES string of the molecule is CCN(Cc1cccc(F)c1)C(=O)c1ccc(SC)c([N+](=O)[O-])c1. The van der Waals surface area contributed by atoms with Gasteiger partial charge in [-0.1, -0.05) is 12.1 Å². The Morgan fingerprint density at radius 1 is 1.29 bits per heavy atom. The van der Waals surface area contributed by atoms with E-state index >= 15 is 0 Å². The molecule has 0 radical (unpaired) electrons. The minimum atomic E-state index is -0.495. The molecule has 0 aliphatic heterocycles. The van der Waals surface area contributed by atoms with Gasteiger partial charge >= 0.3 is 0 Å². The Labute approximate surface area is 143 Å². The number of carbonyl (C=O) groups is 1. The molecule has 2 aromatic carbocycles. The highest BCUT2D eigenvalue weighted by molar-refractivity contribution is 7.98. The highest BCUT2D eigenvalue weighted by Gasteiger charge is 2.20. The Bertz CT molecular complexity index is 767. The second-order valence-corrected chi connectivity index (χ2v) is 5.94. The monoisotopic (exact) mass is 348 g/mol. The number of halogens is 1. The number of thioether (sulfide) groups is 1. The van der Waals surface area contributed by atoms with Gasteiger partial charge in [0.15, 0.2) is 0 Å². The van der Waals surface area contributed by atoms with Crippen molar-refractivity contribution in [2.75, 3.05) is 12.8 Å². The van der Waals surface area contributed by atoms with Crippen LogP contribution in [0, 0.1) is 15.9 Å². The maximum absolute atomic E-state index is 13.3. The second kappa shape index (κ2) is 7.92. The summed E-state index contributed by atoms with van der Waals surface area (Å²) >= 11 is 1.25. The lowest BCUT2D eigenvalue weighted by molar-refractivity contribution is -0.387. The van der Waals surface area contributed by atoms with E-state index in [1.165, 1.54) is 34.9 Å². The van der Waals surface area contributed by atoms with Gasteiger partial charge < -0.3 is 4.90 Å². The first-order valence-corrected chi connectivity index (χ1v) is 8.55. The summed E-state index contributed by atoms with van der Waals surface area (Å²) in [6, 6.07) is 10.5. The molecule has 0 N–H and O–H groups in total. The van der Waals surface area contributed by atoms with Crippen molar-refractivity contribution in [3.63, 3.8) is 0 Å². The lowest BCUT2D eigenvalue weighted by Gasteiger charge is -2.21. The molecule has 0 aliphatic carbocycles. The van der Waals surface area contributed by atoms with Gasteiger partial charge in [0.1, 0.15) is 5.82 Å². The highest BCUT2D eigenvalue weighted by atomic mass is 32.2. The maximum atomic E-state index is 13.3. The Hall–Kier alpha value is -2.41. The molecule has 0 bridgehead atoms. The topological polar surface area (TPSA) is 63.5 Å². The average molecular weight is 348 g/mol. The number of rotatable bonds is 6. The number of carbonyl (C=O) groups excluding carboxylic acids is 1. The molecule has 0 fully saturated rings. The summed E-state index contributed by atoms with van der Waals surface area (Å²) in [7, 11) is 0. The first-order valence-electron chi connectivity index (χ1n) is 7.32. The molecule has 0 spiro atoms. The Morgan fingerprint density at radius 2 is 2.04 bits per heavy atom. The van der Waals surface area contributed by atoms with Crippen molar-refractivity contribution >= 4 is 23.4 Å². The van der Waals surface area contributed by atoms with Crippen molar-refractivity contribution in [1.29, 1.82) is 0 Å². The molecule has 0 saturated heterocycles. The quantitative estimate of drug-likeness (QED) is 0.447. The lowest BCUT2D eigenvalue weighted by Crippen LogP contribution is -2.30. The van der Waals surface area contributed by atoms with Gasteiger partial charge in [0.25, 0.3) is 11.6 Å². The third-order valence-corrected chi connectivity index (χ3v) is 4.34. The Balaban J connectivity index is 2.28. The van der Waals surface area contributed by atoms with Gasteiger partial charge in [-0.2, -0.15) is 0 Å². The molecular weight excluding hydrogens is 331 g/mol. The number of nitro groups is 1. The third kappa shape index (κ3) is 4.11. The van der Waals surface area contributed by atoms with Crippen molar-refractivity contribution < 1.29 is 14.1 Å². The van der Waals surface area contributed by atoms with Gasteiger partial charge in [-0.15, -0.1) is 11.8 Å². The summed E-state index contributed by atoms with van der Waals surface area (Å²) < 4.78 is 13.3. The van der Waals surface area contributed by atoms with Gasteiger partial charge in [-0.25, -0.2) is 4.39 Å². The van der Waals surface area contributed by atoms with Crippen molar-refractivity contribution in [1.82, 2.24) is 4.90 Å². The zero-order valence-corrected chi connectivity index (χ0v) is 14.2. The van der Waals surface area contributed by atoms with Crippen LogP contribution in [-0.4, -0.2) is 28.5 Å². The smallest absolute Gasteiger partial charge is 0.283 e. The fourth-order valence-electron chi connectivity index (χ4n) is 2.33. The summed E-state index contributed by atoms with van der Waals surface area (Å²) in [6.07, 6.45) is 1.74. The molecule has 24 heavy (non-hydrogen) atoms. The third-order valence-electron chi connectivity index (χ3n) is 3.55. The van der Waals surface area contributed by atoms with E-state index in [-0.39, 0.29) is 29.5 Å². The van der Waals surface area contributed by atoms with Crippen molar-refractivity contribution in [2.24, 2.45) is 0 Å². The van der Waals surface area contributed by atoms with Crippen LogP contribution < -0.4 is 0 Å². The van der Waals surface area contributed by atoms with Crippen LogP contribution in [0.2, 0.25) is 0 Å². The number of hydrogen-bond acceptors (Lipinski definition) is 4. The van der Waals surface area contributed by atoms with E-state index in [2.05, 4.69) is 0 Å². The molecule has 1 amide bonds. The van der Waals surface area contributed by atoms with E-state index in [0.717, 1.165) is 0 Å². The number of amides is 1. The van der Waals surface area contributed by atoms with E-state index in [0.29, 0.717) is 17.0 Å². The molecule has 0 saturated carbocycles. The maximum Gasteiger partial charge on any atom is 0.283 e. The molecule has 0 heterocycles. The number of nitro benzene ring substituents is 1. The largest absolute Gasteiger partial charge is 0.335 e. The zero-order valence-electron chi connectivity index (χ0n) is 13.4. The van der Waals surface area contributed by atoms with Crippen LogP contribution in [0.1, 0.15) is 22.8 Å². The molecule has 0 unspecified atom stereocenters. The minimum absolute atomic E-state index is 0.0878. The van der Waals surface area contributed by atoms with E-state index in [1.54, 1.807) is 30.5 Å². The average Bonchev–Trinajstić information content (AvgIpc) is 2.58. The molecule has 2 rings (SSSR count). The highest BCUT2D eigenvalue weighted by Crippen LogP contribution is 2.28. The summed E-state index contributed by atoms with van der Waals surface area (Å²) in [4.78, 5) is 25.3. The van der Waals surface area contributed by atoms with Gasteiger partial charge in [0, 0.05) is 24.7 Å². The van der Waals surface area contributed by atoms with Crippen molar-refractivity contribution in [3.8, 4) is 0 Å². The van der Waals surface area contributed by atoms with Crippen LogP contribution >= 0.6 is 11.8 Å². The van der Waals surface area contributed by atoms with Gasteiger partial charge in [0.2, 0.25) is 0 Å². The van der Waals surface area contributed by atoms with Crippen LogP contribution in [-0.2, 0) is 6.54 Å². The normalized spacial score (nSPS) is 10.5. The van der Waals surface area contributed by atoms with Gasteiger partial charge in [-0.05, 0) is 43.0 Å². The molecule has 126 valence electrons. The number of benzene rings is 2. The van der Waals surface area contributed by atoms with Gasteiger partial charge in [0.05, 0.1) is 9.82 Å². The van der Waals surface area contributed by atoms with Crippen LogP contribution in [0.5, 0.6) is 0 Å². The zero-order chi connectivity index (χ0) is 17.7. The minimum Gasteiger partial charge on any atom is -0.335 e. The first-order chi connectivity index (χ1) is 11.5. The summed E-state index contributed by atoms with van der Waals surface area (Å²) in [5.74, 6) is -0.687. The van der Waals surface area contributed by atoms with Gasteiger partial charge in [-0.3, -0.25) is 14.9 Å². The number of nitrogens with zero attached hydrogens (tertiary/aromatic N) is 2. The number of hydrogen-bond donors (Lipinski definition) is 0. The molecule has 7 heteroatoms. The predicted octanol–water partition coefficient (Wildman–Crippen LogP) is 4.12. The lowest BCUT2D eigenvalue weighted by atomic mass is 10.1. The molecule has 0 atom stereocenters. The van der Waals surface area contributed by atoms with Crippen molar-refractivity contribution in [3.05, 3.63) is 69.5 Å². The molecular formula is C17H17FN2O3S. The first kappa shape index (κ1) is 17.9. The molecule has 5 nitrogen and oxygen atoms in total. The summed E-state index contributed by atoms with van der Waals surface area (Å²) in [5.41, 5.74) is 0.827. The van der Waals surface area contributed by atoms with E-state index in [9.17, 15) is 19.3 Å². The predicted molar refractivity (Wildman–Crippen MR) is 91.7 cm³/mol. The van der Waals surface area contributed by atoms with Crippen LogP contribution in [0.4, 0.5) is 10.1 Å². The summed E-state index contributed by atoms with van der Waals surface area (Å²) in [6.45, 7) is 2.46. The standard InChI is InChI=1S/C17H17FN2O3S/c1-3-19(11-12-5-4-6-14(18)9-12)17(21)13-7-8-16(24-2)15(10-13)20(22)23/h4-10H,3,11H2,1-2H3. The Morgan fingerprint density at radius 3 is 2.62 bits per heavy atom. The summed E-state index contributed by atoms with van der Waals surface area (Å²) in [5, 5.41) is 11.1. The molecule has 2 aromatic rings. The fraction of sp³-hybridized carbons (Fsp3) is 0.235. The molecule has 0 aliphatic rings. The van der Waals surface area contributed by atoms with E-state index < -0.39 is 4.92 Å².